The Morgan fingerprint density at radius 2 is 1.20 bits per heavy atom. The van der Waals surface area contributed by atoms with Crippen LogP contribution >= 0.6 is 81.6 Å². The highest BCUT2D eigenvalue weighted by molar-refractivity contribution is 8.05. The van der Waals surface area contributed by atoms with E-state index in [2.05, 4.69) is 0 Å². The molecule has 1 aromatic rings. The molecule has 0 unspecified atom stereocenters. The van der Waals surface area contributed by atoms with Crippen molar-refractivity contribution in [3.8, 4) is 0 Å². The van der Waals surface area contributed by atoms with E-state index in [9.17, 15) is 0 Å². The standard InChI is InChI=1S/C13H20Cl2S5/c14-7-3-1-5-9-17-11-12(20-13(16)19-11)18-10-6-2-4-8-15/h1-10H2. The Bertz CT molecular complexity index is 367. The van der Waals surface area contributed by atoms with Crippen LogP contribution in [0.5, 0.6) is 0 Å². The molecule has 20 heavy (non-hydrogen) atoms. The monoisotopic (exact) mass is 406 g/mol. The van der Waals surface area contributed by atoms with Crippen LogP contribution in [0, 0.1) is 3.14 Å². The predicted molar refractivity (Wildman–Crippen MR) is 104 cm³/mol. The van der Waals surface area contributed by atoms with Gasteiger partial charge in [0, 0.05) is 11.8 Å². The second-order valence-corrected chi connectivity index (χ2v) is 10.9. The maximum absolute atomic E-state index is 5.69. The van der Waals surface area contributed by atoms with Gasteiger partial charge >= 0.3 is 0 Å². The first-order valence-electron chi connectivity index (χ1n) is 6.79. The van der Waals surface area contributed by atoms with Crippen LogP contribution in [0.2, 0.25) is 0 Å². The highest BCUT2D eigenvalue weighted by Gasteiger charge is 2.08. The van der Waals surface area contributed by atoms with Gasteiger partial charge in [-0.1, -0.05) is 25.1 Å². The Morgan fingerprint density at radius 3 is 1.60 bits per heavy atom. The van der Waals surface area contributed by atoms with Crippen LogP contribution in [0.1, 0.15) is 38.5 Å². The van der Waals surface area contributed by atoms with Gasteiger partial charge in [-0.3, -0.25) is 0 Å². The molecule has 0 radical (unpaired) electrons. The number of hydrogen-bond acceptors (Lipinski definition) is 5. The zero-order valence-corrected chi connectivity index (χ0v) is 17.0. The minimum absolute atomic E-state index is 0.783. The molecule has 116 valence electrons. The minimum Gasteiger partial charge on any atom is -0.127 e. The van der Waals surface area contributed by atoms with E-state index >= 15 is 0 Å². The van der Waals surface area contributed by atoms with Crippen LogP contribution in [0.4, 0.5) is 0 Å². The molecule has 1 aromatic heterocycles. The first-order chi connectivity index (χ1) is 9.77. The van der Waals surface area contributed by atoms with Gasteiger partial charge in [0.05, 0.1) is 8.42 Å². The molecule has 0 amide bonds. The van der Waals surface area contributed by atoms with Gasteiger partial charge in [0.25, 0.3) is 0 Å². The Kier molecular flexibility index (Phi) is 12.8. The quantitative estimate of drug-likeness (QED) is 0.152. The average Bonchev–Trinajstić information content (AvgIpc) is 2.79. The van der Waals surface area contributed by atoms with Gasteiger partial charge in [-0.25, -0.2) is 0 Å². The summed E-state index contributed by atoms with van der Waals surface area (Å²) in [6.45, 7) is 0. The van der Waals surface area contributed by atoms with Gasteiger partial charge < -0.3 is 0 Å². The van der Waals surface area contributed by atoms with Crippen molar-refractivity contribution in [2.24, 2.45) is 0 Å². The summed E-state index contributed by atoms with van der Waals surface area (Å²) in [7, 11) is 0. The van der Waals surface area contributed by atoms with E-state index in [1.54, 1.807) is 22.7 Å². The molecule has 0 bridgehead atoms. The molecule has 0 atom stereocenters. The zero-order valence-electron chi connectivity index (χ0n) is 11.4. The highest BCUT2D eigenvalue weighted by atomic mass is 35.5. The lowest BCUT2D eigenvalue weighted by molar-refractivity contribution is 0.782. The van der Waals surface area contributed by atoms with E-state index in [0.717, 1.165) is 27.7 Å². The first-order valence-corrected chi connectivity index (χ1v) is 11.9. The summed E-state index contributed by atoms with van der Waals surface area (Å²) in [5, 5.41) is 0. The Morgan fingerprint density at radius 1 is 0.750 bits per heavy atom. The number of rotatable bonds is 12. The van der Waals surface area contributed by atoms with Gasteiger partial charge in [0.15, 0.2) is 0 Å². The summed E-state index contributed by atoms with van der Waals surface area (Å²) in [5.41, 5.74) is 0. The third-order valence-corrected chi connectivity index (χ3v) is 8.83. The van der Waals surface area contributed by atoms with Crippen LogP contribution in [-0.2, 0) is 0 Å². The number of alkyl halides is 2. The van der Waals surface area contributed by atoms with Crippen molar-refractivity contribution in [1.82, 2.24) is 0 Å². The lowest BCUT2D eigenvalue weighted by Crippen LogP contribution is -1.83. The topological polar surface area (TPSA) is 0 Å². The molecule has 1 heterocycles. The molecule has 0 aromatic carbocycles. The Balaban J connectivity index is 2.29. The van der Waals surface area contributed by atoms with E-state index in [1.807, 2.05) is 23.5 Å². The second-order valence-electron chi connectivity index (χ2n) is 4.23. The lowest BCUT2D eigenvalue weighted by Gasteiger charge is -2.02. The Labute approximate surface area is 154 Å². The van der Waals surface area contributed by atoms with E-state index in [1.165, 1.54) is 45.6 Å². The summed E-state index contributed by atoms with van der Waals surface area (Å²) in [6.07, 6.45) is 7.20. The minimum atomic E-state index is 0.783. The first kappa shape index (κ1) is 19.6. The molecule has 0 aliphatic carbocycles. The largest absolute Gasteiger partial charge is 0.145 e. The number of hydrogen-bond donors (Lipinski definition) is 0. The number of unbranched alkanes of at least 4 members (excludes halogenated alkanes) is 4. The molecular weight excluding hydrogens is 387 g/mol. The molecule has 0 saturated carbocycles. The van der Waals surface area contributed by atoms with Gasteiger partial charge in [-0.15, -0.1) is 69.4 Å². The highest BCUT2D eigenvalue weighted by Crippen LogP contribution is 2.41. The van der Waals surface area contributed by atoms with Crippen LogP contribution in [0.15, 0.2) is 8.42 Å². The molecule has 0 saturated heterocycles. The van der Waals surface area contributed by atoms with E-state index in [0.29, 0.717) is 0 Å². The summed E-state index contributed by atoms with van der Waals surface area (Å²) < 4.78 is 3.90. The zero-order chi connectivity index (χ0) is 14.6. The fourth-order valence-corrected chi connectivity index (χ4v) is 8.14. The van der Waals surface area contributed by atoms with Crippen molar-refractivity contribution < 1.29 is 0 Å². The van der Waals surface area contributed by atoms with E-state index in [-0.39, 0.29) is 0 Å². The molecule has 0 aliphatic heterocycles. The van der Waals surface area contributed by atoms with Crippen molar-refractivity contribution in [1.29, 1.82) is 0 Å². The fraction of sp³-hybridized carbons (Fsp3) is 0.769. The van der Waals surface area contributed by atoms with Gasteiger partial charge in [-0.2, -0.15) is 0 Å². The summed E-state index contributed by atoms with van der Waals surface area (Å²) >= 11 is 24.2. The molecule has 0 aliphatic rings. The summed E-state index contributed by atoms with van der Waals surface area (Å²) in [6, 6.07) is 0. The lowest BCUT2D eigenvalue weighted by atomic mass is 10.3. The van der Waals surface area contributed by atoms with Crippen LogP contribution in [-0.4, -0.2) is 23.3 Å². The SMILES string of the molecule is S=c1sc(SCCCCCCl)c(SCCCCCCl)s1. The van der Waals surface area contributed by atoms with Crippen LogP contribution in [0.25, 0.3) is 0 Å². The van der Waals surface area contributed by atoms with Crippen molar-refractivity contribution in [3.63, 3.8) is 0 Å². The van der Waals surface area contributed by atoms with Crippen molar-refractivity contribution in [3.05, 3.63) is 3.14 Å². The molecule has 0 N–H and O–H groups in total. The van der Waals surface area contributed by atoms with Gasteiger partial charge in [0.2, 0.25) is 0 Å². The normalized spacial score (nSPS) is 11.1. The van der Waals surface area contributed by atoms with E-state index in [4.69, 9.17) is 35.4 Å². The predicted octanol–water partition coefficient (Wildman–Crippen LogP) is 7.54. The van der Waals surface area contributed by atoms with Crippen molar-refractivity contribution >= 4 is 81.6 Å². The number of halogens is 2. The summed E-state index contributed by atoms with van der Waals surface area (Å²) in [4.78, 5) is 0. The molecule has 7 heteroatoms. The van der Waals surface area contributed by atoms with Gasteiger partial charge in [-0.05, 0) is 37.2 Å². The maximum Gasteiger partial charge on any atom is 0.145 e. The molecule has 1 rings (SSSR count). The third kappa shape index (κ3) is 8.86. The van der Waals surface area contributed by atoms with Crippen LogP contribution < -0.4 is 0 Å². The van der Waals surface area contributed by atoms with Crippen molar-refractivity contribution in [2.75, 3.05) is 23.3 Å². The second kappa shape index (κ2) is 13.0. The molecule has 0 fully saturated rings. The average molecular weight is 408 g/mol. The fourth-order valence-electron chi connectivity index (χ4n) is 1.51. The van der Waals surface area contributed by atoms with E-state index < -0.39 is 0 Å². The summed E-state index contributed by atoms with van der Waals surface area (Å²) in [5.74, 6) is 3.92. The van der Waals surface area contributed by atoms with Crippen molar-refractivity contribution in [2.45, 2.75) is 46.9 Å². The van der Waals surface area contributed by atoms with Crippen LogP contribution in [0.3, 0.4) is 0 Å². The van der Waals surface area contributed by atoms with Gasteiger partial charge in [0.1, 0.15) is 3.14 Å². The molecular formula is C13H20Cl2S5. The maximum atomic E-state index is 5.69. The molecule has 0 spiro atoms. The third-order valence-electron chi connectivity index (χ3n) is 2.54. The molecule has 0 nitrogen and oxygen atoms in total. The number of thioether (sulfide) groups is 2. The Hall–Kier alpha value is 1.55. The smallest absolute Gasteiger partial charge is 0.127 e.